The van der Waals surface area contributed by atoms with Gasteiger partial charge in [-0.05, 0) is 25.7 Å². The Morgan fingerprint density at radius 1 is 0.667 bits per heavy atom. The van der Waals surface area contributed by atoms with Gasteiger partial charge in [0.1, 0.15) is 0 Å². The van der Waals surface area contributed by atoms with E-state index in [0.29, 0.717) is 6.61 Å². The minimum absolute atomic E-state index is 0.154. The molecule has 0 unspecified atom stereocenters. The zero-order valence-corrected chi connectivity index (χ0v) is 16.5. The maximum absolute atomic E-state index is 10.6. The fraction of sp³-hybridized carbons (Fsp3) is 0.864. The third kappa shape index (κ3) is 21.2. The first-order valence-corrected chi connectivity index (χ1v) is 10.6. The number of esters is 1. The van der Waals surface area contributed by atoms with Crippen LogP contribution in [-0.4, -0.2) is 12.6 Å². The molecule has 0 heterocycles. The lowest BCUT2D eigenvalue weighted by Crippen LogP contribution is -2.00. The Balaban J connectivity index is 3.02. The summed E-state index contributed by atoms with van der Waals surface area (Å²) in [5.41, 5.74) is 0. The number of hydrogen-bond donors (Lipinski definition) is 0. The molecule has 2 nitrogen and oxygen atoms in total. The van der Waals surface area contributed by atoms with Crippen LogP contribution in [0.5, 0.6) is 0 Å². The van der Waals surface area contributed by atoms with E-state index in [-0.39, 0.29) is 5.97 Å². The average Bonchev–Trinajstić information content (AvgIpc) is 2.56. The molecule has 0 aliphatic rings. The fourth-order valence-corrected chi connectivity index (χ4v) is 2.91. The van der Waals surface area contributed by atoms with Crippen molar-refractivity contribution in [1.82, 2.24) is 0 Å². The van der Waals surface area contributed by atoms with Crippen LogP contribution in [0.3, 0.4) is 0 Å². The summed E-state index contributed by atoms with van der Waals surface area (Å²) in [6.45, 7) is 4.33. The van der Waals surface area contributed by atoms with Crippen molar-refractivity contribution in [3.8, 4) is 0 Å². The van der Waals surface area contributed by atoms with Crippen molar-refractivity contribution in [2.75, 3.05) is 6.61 Å². The van der Waals surface area contributed by atoms with Crippen LogP contribution in [0.4, 0.5) is 0 Å². The lowest BCUT2D eigenvalue weighted by Gasteiger charge is -2.03. The highest BCUT2D eigenvalue weighted by Gasteiger charge is 1.95. The van der Waals surface area contributed by atoms with Gasteiger partial charge in [-0.1, -0.05) is 96.1 Å². The van der Waals surface area contributed by atoms with Crippen molar-refractivity contribution in [3.63, 3.8) is 0 Å². The van der Waals surface area contributed by atoms with E-state index in [1.807, 2.05) is 0 Å². The van der Waals surface area contributed by atoms with Crippen molar-refractivity contribution >= 4 is 5.97 Å². The summed E-state index contributed by atoms with van der Waals surface area (Å²) in [6.07, 6.45) is 26.0. The SMILES string of the molecule is CCCC/C=C\CCCCCCCCCCCCCCOC(C)=O. The second-order valence-electron chi connectivity index (χ2n) is 6.98. The first-order chi connectivity index (χ1) is 11.8. The van der Waals surface area contributed by atoms with Gasteiger partial charge in [0.25, 0.3) is 0 Å². The highest BCUT2D eigenvalue weighted by Crippen LogP contribution is 2.12. The van der Waals surface area contributed by atoms with E-state index >= 15 is 0 Å². The highest BCUT2D eigenvalue weighted by molar-refractivity contribution is 5.65. The molecule has 0 bridgehead atoms. The summed E-state index contributed by atoms with van der Waals surface area (Å²) in [7, 11) is 0. The summed E-state index contributed by atoms with van der Waals surface area (Å²) < 4.78 is 4.93. The van der Waals surface area contributed by atoms with E-state index in [2.05, 4.69) is 19.1 Å². The van der Waals surface area contributed by atoms with Crippen LogP contribution >= 0.6 is 0 Å². The maximum Gasteiger partial charge on any atom is 0.302 e. The predicted molar refractivity (Wildman–Crippen MR) is 105 cm³/mol. The Kier molecular flexibility index (Phi) is 19.6. The zero-order valence-electron chi connectivity index (χ0n) is 16.5. The van der Waals surface area contributed by atoms with Crippen LogP contribution < -0.4 is 0 Å². The van der Waals surface area contributed by atoms with Crippen LogP contribution in [0.1, 0.15) is 117 Å². The van der Waals surface area contributed by atoms with E-state index in [0.717, 1.165) is 6.42 Å². The molecule has 0 aromatic rings. The molecular weight excluding hydrogens is 296 g/mol. The first kappa shape index (κ1) is 23.2. The Labute approximate surface area is 151 Å². The Morgan fingerprint density at radius 2 is 1.08 bits per heavy atom. The van der Waals surface area contributed by atoms with Gasteiger partial charge in [-0.3, -0.25) is 4.79 Å². The largest absolute Gasteiger partial charge is 0.466 e. The van der Waals surface area contributed by atoms with Crippen molar-refractivity contribution in [2.24, 2.45) is 0 Å². The van der Waals surface area contributed by atoms with Crippen LogP contribution in [0, 0.1) is 0 Å². The summed E-state index contributed by atoms with van der Waals surface area (Å²) in [5, 5.41) is 0. The molecular formula is C22H42O2. The molecule has 0 spiro atoms. The van der Waals surface area contributed by atoms with Crippen LogP contribution in [-0.2, 0) is 9.53 Å². The number of carbonyl (C=O) groups is 1. The Bertz CT molecular complexity index is 284. The molecule has 142 valence electrons. The number of rotatable bonds is 18. The monoisotopic (exact) mass is 338 g/mol. The van der Waals surface area contributed by atoms with Gasteiger partial charge in [0.05, 0.1) is 6.61 Å². The fourth-order valence-electron chi connectivity index (χ4n) is 2.91. The highest BCUT2D eigenvalue weighted by atomic mass is 16.5. The van der Waals surface area contributed by atoms with E-state index < -0.39 is 0 Å². The lowest BCUT2D eigenvalue weighted by molar-refractivity contribution is -0.141. The summed E-state index contributed by atoms with van der Waals surface area (Å²) >= 11 is 0. The van der Waals surface area contributed by atoms with Gasteiger partial charge in [0.2, 0.25) is 0 Å². The number of unbranched alkanes of at least 4 members (excludes halogenated alkanes) is 14. The van der Waals surface area contributed by atoms with Gasteiger partial charge in [-0.15, -0.1) is 0 Å². The molecule has 0 rings (SSSR count). The van der Waals surface area contributed by atoms with Crippen molar-refractivity contribution in [1.29, 1.82) is 0 Å². The average molecular weight is 339 g/mol. The molecule has 2 heteroatoms. The Hall–Kier alpha value is -0.790. The summed E-state index contributed by atoms with van der Waals surface area (Å²) in [4.78, 5) is 10.6. The summed E-state index contributed by atoms with van der Waals surface area (Å²) in [6, 6.07) is 0. The molecule has 0 aliphatic carbocycles. The topological polar surface area (TPSA) is 26.3 Å². The van der Waals surface area contributed by atoms with Gasteiger partial charge in [0.15, 0.2) is 0 Å². The van der Waals surface area contributed by atoms with Crippen LogP contribution in [0.15, 0.2) is 12.2 Å². The normalized spacial score (nSPS) is 11.2. The second kappa shape index (κ2) is 20.3. The van der Waals surface area contributed by atoms with E-state index in [4.69, 9.17) is 4.74 Å². The minimum Gasteiger partial charge on any atom is -0.466 e. The molecule has 0 fully saturated rings. The second-order valence-corrected chi connectivity index (χ2v) is 6.98. The number of ether oxygens (including phenoxy) is 1. The van der Waals surface area contributed by atoms with E-state index in [9.17, 15) is 4.79 Å². The number of carbonyl (C=O) groups excluding carboxylic acids is 1. The van der Waals surface area contributed by atoms with Crippen LogP contribution in [0.2, 0.25) is 0 Å². The minimum atomic E-state index is -0.154. The molecule has 0 aromatic heterocycles. The maximum atomic E-state index is 10.6. The molecule has 0 amide bonds. The molecule has 0 radical (unpaired) electrons. The third-order valence-corrected chi connectivity index (χ3v) is 4.46. The molecule has 0 aliphatic heterocycles. The van der Waals surface area contributed by atoms with E-state index in [1.165, 1.54) is 103 Å². The smallest absolute Gasteiger partial charge is 0.302 e. The van der Waals surface area contributed by atoms with Crippen molar-refractivity contribution in [2.45, 2.75) is 117 Å². The van der Waals surface area contributed by atoms with Crippen molar-refractivity contribution in [3.05, 3.63) is 12.2 Å². The first-order valence-electron chi connectivity index (χ1n) is 10.6. The van der Waals surface area contributed by atoms with Gasteiger partial charge in [-0.2, -0.15) is 0 Å². The van der Waals surface area contributed by atoms with Gasteiger partial charge in [-0.25, -0.2) is 0 Å². The van der Waals surface area contributed by atoms with E-state index in [1.54, 1.807) is 0 Å². The number of hydrogen-bond acceptors (Lipinski definition) is 2. The molecule has 0 saturated heterocycles. The quantitative estimate of drug-likeness (QED) is 0.148. The molecule has 0 atom stereocenters. The molecule has 0 saturated carbocycles. The Morgan fingerprint density at radius 3 is 1.54 bits per heavy atom. The van der Waals surface area contributed by atoms with Gasteiger partial charge in [0, 0.05) is 6.92 Å². The standard InChI is InChI=1S/C22H42O2/c1-3-4-5-6-7-8-9-10-11-12-13-14-15-16-17-18-19-20-21-24-22(2)23/h6-7H,3-5,8-21H2,1-2H3/b7-6-. The lowest BCUT2D eigenvalue weighted by atomic mass is 10.0. The van der Waals surface area contributed by atoms with Crippen molar-refractivity contribution < 1.29 is 9.53 Å². The molecule has 0 aromatic carbocycles. The molecule has 0 N–H and O–H groups in total. The summed E-state index contributed by atoms with van der Waals surface area (Å²) in [5.74, 6) is -0.154. The number of allylic oxidation sites excluding steroid dienone is 2. The van der Waals surface area contributed by atoms with Gasteiger partial charge < -0.3 is 4.74 Å². The zero-order chi connectivity index (χ0) is 17.7. The third-order valence-electron chi connectivity index (χ3n) is 4.46. The predicted octanol–water partition coefficient (Wildman–Crippen LogP) is 7.37. The van der Waals surface area contributed by atoms with Gasteiger partial charge >= 0.3 is 5.97 Å². The van der Waals surface area contributed by atoms with Crippen LogP contribution in [0.25, 0.3) is 0 Å². The molecule has 24 heavy (non-hydrogen) atoms.